The third kappa shape index (κ3) is 19.2. The zero-order valence-corrected chi connectivity index (χ0v) is 12.5. The van der Waals surface area contributed by atoms with E-state index in [-0.39, 0.29) is 13.0 Å². The lowest BCUT2D eigenvalue weighted by Crippen LogP contribution is -2.15. The summed E-state index contributed by atoms with van der Waals surface area (Å²) in [6, 6.07) is 0. The van der Waals surface area contributed by atoms with Gasteiger partial charge in [-0.1, -0.05) is 0 Å². The molecule has 0 aromatic carbocycles. The highest BCUT2D eigenvalue weighted by Gasteiger charge is 1.96. The van der Waals surface area contributed by atoms with Gasteiger partial charge in [0.25, 0.3) is 0 Å². The fraction of sp³-hybridized carbons (Fsp3) is 0.923. The van der Waals surface area contributed by atoms with Crippen molar-refractivity contribution in [3.05, 3.63) is 0 Å². The third-order valence-corrected chi connectivity index (χ3v) is 2.21. The fourth-order valence-electron chi connectivity index (χ4n) is 1.22. The molecule has 0 amide bonds. The lowest BCUT2D eigenvalue weighted by Gasteiger charge is -2.07. The minimum atomic E-state index is -0.863. The van der Waals surface area contributed by atoms with E-state index < -0.39 is 5.97 Å². The van der Waals surface area contributed by atoms with Crippen LogP contribution in [0.3, 0.4) is 0 Å². The van der Waals surface area contributed by atoms with Gasteiger partial charge in [0.05, 0.1) is 72.5 Å². The second-order valence-electron chi connectivity index (χ2n) is 3.99. The molecular weight excluding hydrogens is 282 g/mol. The average molecular weight is 309 g/mol. The zero-order valence-electron chi connectivity index (χ0n) is 12.5. The molecule has 0 saturated heterocycles. The largest absolute Gasteiger partial charge is 0.481 e. The number of carboxylic acid groups (broad SMARTS) is 1. The van der Waals surface area contributed by atoms with Crippen LogP contribution in [0.25, 0.3) is 0 Å². The maximum atomic E-state index is 10.2. The molecule has 3 N–H and O–H groups in total. The summed E-state index contributed by atoms with van der Waals surface area (Å²) in [7, 11) is 0. The Labute approximate surface area is 125 Å². The molecule has 0 fully saturated rings. The first kappa shape index (κ1) is 20.2. The summed E-state index contributed by atoms with van der Waals surface area (Å²) < 4.78 is 26.0. The number of carboxylic acids is 1. The number of nitrogens with two attached hydrogens (primary N) is 1. The van der Waals surface area contributed by atoms with E-state index in [1.807, 2.05) is 0 Å². The maximum absolute atomic E-state index is 10.2. The zero-order chi connectivity index (χ0) is 15.6. The van der Waals surface area contributed by atoms with Crippen molar-refractivity contribution in [2.75, 3.05) is 72.6 Å². The molecule has 126 valence electrons. The van der Waals surface area contributed by atoms with Crippen molar-refractivity contribution >= 4 is 5.97 Å². The fourth-order valence-corrected chi connectivity index (χ4v) is 1.22. The van der Waals surface area contributed by atoms with Gasteiger partial charge < -0.3 is 34.5 Å². The van der Waals surface area contributed by atoms with E-state index in [9.17, 15) is 4.79 Å². The van der Waals surface area contributed by atoms with Crippen molar-refractivity contribution in [2.45, 2.75) is 6.42 Å². The van der Waals surface area contributed by atoms with Crippen LogP contribution in [-0.2, 0) is 28.5 Å². The van der Waals surface area contributed by atoms with Crippen molar-refractivity contribution in [2.24, 2.45) is 5.73 Å². The van der Waals surface area contributed by atoms with E-state index in [1.165, 1.54) is 0 Å². The Bertz CT molecular complexity index is 229. The van der Waals surface area contributed by atoms with Crippen LogP contribution >= 0.6 is 0 Å². The molecule has 0 aromatic heterocycles. The van der Waals surface area contributed by atoms with Crippen molar-refractivity contribution in [3.63, 3.8) is 0 Å². The Morgan fingerprint density at radius 2 is 1.00 bits per heavy atom. The number of hydrogen-bond acceptors (Lipinski definition) is 7. The first-order chi connectivity index (χ1) is 10.3. The first-order valence-electron chi connectivity index (χ1n) is 7.08. The predicted octanol–water partition coefficient (Wildman–Crippen LogP) is -0.497. The van der Waals surface area contributed by atoms with Crippen molar-refractivity contribution in [1.29, 1.82) is 0 Å². The maximum Gasteiger partial charge on any atom is 0.305 e. The summed E-state index contributed by atoms with van der Waals surface area (Å²) in [4.78, 5) is 10.2. The van der Waals surface area contributed by atoms with E-state index in [0.717, 1.165) is 0 Å². The smallest absolute Gasteiger partial charge is 0.305 e. The van der Waals surface area contributed by atoms with E-state index in [2.05, 4.69) is 0 Å². The summed E-state index contributed by atoms with van der Waals surface area (Å²) in [5.74, 6) is -0.863. The Balaban J connectivity index is 2.95. The standard InChI is InChI=1S/C13H27NO7/c14-2-4-18-6-8-20-10-12-21-11-9-19-7-5-17-3-1-13(15)16/h1-12,14H2,(H,15,16). The molecule has 8 nitrogen and oxygen atoms in total. The highest BCUT2D eigenvalue weighted by Crippen LogP contribution is 1.85. The van der Waals surface area contributed by atoms with Crippen LogP contribution < -0.4 is 5.73 Å². The minimum Gasteiger partial charge on any atom is -0.481 e. The van der Waals surface area contributed by atoms with Gasteiger partial charge >= 0.3 is 5.97 Å². The average Bonchev–Trinajstić information content (AvgIpc) is 2.46. The molecule has 0 aliphatic carbocycles. The van der Waals surface area contributed by atoms with Crippen LogP contribution in [0.1, 0.15) is 6.42 Å². The second-order valence-corrected chi connectivity index (χ2v) is 3.99. The molecule has 0 unspecified atom stereocenters. The van der Waals surface area contributed by atoms with Gasteiger partial charge in [-0.25, -0.2) is 0 Å². The lowest BCUT2D eigenvalue weighted by atomic mass is 10.5. The highest BCUT2D eigenvalue weighted by molar-refractivity contribution is 5.66. The van der Waals surface area contributed by atoms with E-state index in [0.29, 0.717) is 66.0 Å². The van der Waals surface area contributed by atoms with Gasteiger partial charge in [0.2, 0.25) is 0 Å². The van der Waals surface area contributed by atoms with Gasteiger partial charge in [-0.3, -0.25) is 4.79 Å². The number of hydrogen-bond donors (Lipinski definition) is 2. The van der Waals surface area contributed by atoms with Gasteiger partial charge in [-0.15, -0.1) is 0 Å². The molecule has 0 spiro atoms. The lowest BCUT2D eigenvalue weighted by molar-refractivity contribution is -0.138. The topological polar surface area (TPSA) is 109 Å². The Morgan fingerprint density at radius 1 is 0.667 bits per heavy atom. The van der Waals surface area contributed by atoms with Crippen molar-refractivity contribution in [3.8, 4) is 0 Å². The monoisotopic (exact) mass is 309 g/mol. The molecular formula is C13H27NO7. The summed E-state index contributed by atoms with van der Waals surface area (Å²) >= 11 is 0. The quantitative estimate of drug-likeness (QED) is 0.346. The number of carbonyl (C=O) groups is 1. The first-order valence-corrected chi connectivity index (χ1v) is 7.08. The second kappa shape index (κ2) is 17.3. The molecule has 0 rings (SSSR count). The Kier molecular flexibility index (Phi) is 16.6. The van der Waals surface area contributed by atoms with Crippen molar-refractivity contribution < 1.29 is 33.6 Å². The summed E-state index contributed by atoms with van der Waals surface area (Å²) in [5, 5.41) is 8.38. The number of rotatable bonds is 17. The SMILES string of the molecule is NCCOCCOCCOCCOCCOCCC(=O)O. The third-order valence-electron chi connectivity index (χ3n) is 2.21. The van der Waals surface area contributed by atoms with Gasteiger partial charge in [-0.05, 0) is 0 Å². The van der Waals surface area contributed by atoms with Crippen LogP contribution in [0, 0.1) is 0 Å². The summed E-state index contributed by atoms with van der Waals surface area (Å²) in [6.45, 7) is 5.17. The van der Waals surface area contributed by atoms with Gasteiger partial charge in [0.15, 0.2) is 0 Å². The molecule has 0 saturated carbocycles. The Morgan fingerprint density at radius 3 is 1.33 bits per heavy atom. The van der Waals surface area contributed by atoms with Crippen LogP contribution in [-0.4, -0.2) is 83.7 Å². The normalized spacial score (nSPS) is 10.9. The van der Waals surface area contributed by atoms with E-state index >= 15 is 0 Å². The summed E-state index contributed by atoms with van der Waals surface area (Å²) in [6.07, 6.45) is 0.0143. The number of aliphatic carboxylic acids is 1. The molecule has 0 aliphatic rings. The van der Waals surface area contributed by atoms with Gasteiger partial charge in [0.1, 0.15) is 0 Å². The number of ether oxygens (including phenoxy) is 5. The molecule has 0 atom stereocenters. The van der Waals surface area contributed by atoms with Gasteiger partial charge in [-0.2, -0.15) is 0 Å². The molecule has 0 aromatic rings. The van der Waals surface area contributed by atoms with E-state index in [4.69, 9.17) is 34.5 Å². The van der Waals surface area contributed by atoms with Crippen molar-refractivity contribution in [1.82, 2.24) is 0 Å². The van der Waals surface area contributed by atoms with Crippen LogP contribution in [0.4, 0.5) is 0 Å². The molecule has 0 bridgehead atoms. The van der Waals surface area contributed by atoms with Gasteiger partial charge in [0, 0.05) is 6.54 Å². The predicted molar refractivity (Wildman–Crippen MR) is 75.4 cm³/mol. The van der Waals surface area contributed by atoms with Crippen LogP contribution in [0.2, 0.25) is 0 Å². The van der Waals surface area contributed by atoms with Crippen LogP contribution in [0.5, 0.6) is 0 Å². The molecule has 0 radical (unpaired) electrons. The molecule has 0 aliphatic heterocycles. The van der Waals surface area contributed by atoms with Crippen LogP contribution in [0.15, 0.2) is 0 Å². The molecule has 8 heteroatoms. The molecule has 21 heavy (non-hydrogen) atoms. The van der Waals surface area contributed by atoms with E-state index in [1.54, 1.807) is 0 Å². The summed E-state index contributed by atoms with van der Waals surface area (Å²) in [5.41, 5.74) is 5.27. The molecule has 0 heterocycles. The highest BCUT2D eigenvalue weighted by atomic mass is 16.6. The minimum absolute atomic E-state index is 0.0143. The Hall–Kier alpha value is -0.770.